The molecule has 0 aliphatic carbocycles. The largest absolute Gasteiger partial charge is 0.306 e. The lowest BCUT2D eigenvalue weighted by atomic mass is 9.97. The number of benzene rings is 1. The summed E-state index contributed by atoms with van der Waals surface area (Å²) in [5.41, 5.74) is 3.87. The van der Waals surface area contributed by atoms with Gasteiger partial charge in [0.05, 0.1) is 6.04 Å². The third-order valence-corrected chi connectivity index (χ3v) is 3.96. The molecule has 0 aliphatic rings. The smallest absolute Gasteiger partial charge is 0.0588 e. The van der Waals surface area contributed by atoms with Crippen LogP contribution in [-0.4, -0.2) is 6.54 Å². The van der Waals surface area contributed by atoms with Crippen LogP contribution < -0.4 is 5.32 Å². The highest BCUT2D eigenvalue weighted by atomic mass is 35.5. The van der Waals surface area contributed by atoms with Gasteiger partial charge in [0.15, 0.2) is 0 Å². The Morgan fingerprint density at radius 1 is 1.33 bits per heavy atom. The molecule has 18 heavy (non-hydrogen) atoms. The second-order valence-corrected chi connectivity index (χ2v) is 5.66. The van der Waals surface area contributed by atoms with Gasteiger partial charge in [0.1, 0.15) is 0 Å². The first-order valence-corrected chi connectivity index (χ1v) is 7.56. The van der Waals surface area contributed by atoms with E-state index in [2.05, 4.69) is 48.1 Å². The number of nitrogens with one attached hydrogen (secondary N) is 1. The molecule has 1 heterocycles. The summed E-state index contributed by atoms with van der Waals surface area (Å²) in [7, 11) is 0. The van der Waals surface area contributed by atoms with E-state index in [4.69, 9.17) is 11.6 Å². The molecule has 0 fully saturated rings. The number of thiophene rings is 1. The van der Waals surface area contributed by atoms with E-state index in [9.17, 15) is 0 Å². The van der Waals surface area contributed by atoms with Gasteiger partial charge >= 0.3 is 0 Å². The maximum Gasteiger partial charge on any atom is 0.0588 e. The van der Waals surface area contributed by atoms with Crippen LogP contribution in [0.15, 0.2) is 35.0 Å². The average Bonchev–Trinajstić information content (AvgIpc) is 2.88. The Hall–Kier alpha value is -0.830. The molecule has 3 heteroatoms. The predicted molar refractivity (Wildman–Crippen MR) is 80.6 cm³/mol. The molecule has 1 aromatic heterocycles. The Labute approximate surface area is 118 Å². The SMILES string of the molecule is CCCNC(c1ccsc1)c1cc(Cl)ccc1C. The number of halogens is 1. The monoisotopic (exact) mass is 279 g/mol. The summed E-state index contributed by atoms with van der Waals surface area (Å²) in [5.74, 6) is 0. The van der Waals surface area contributed by atoms with Gasteiger partial charge in [-0.3, -0.25) is 0 Å². The minimum absolute atomic E-state index is 0.245. The van der Waals surface area contributed by atoms with Crippen LogP contribution in [0.5, 0.6) is 0 Å². The van der Waals surface area contributed by atoms with Crippen LogP contribution >= 0.6 is 22.9 Å². The van der Waals surface area contributed by atoms with Crippen molar-refractivity contribution in [3.63, 3.8) is 0 Å². The van der Waals surface area contributed by atoms with Gasteiger partial charge in [-0.25, -0.2) is 0 Å². The van der Waals surface area contributed by atoms with Crippen molar-refractivity contribution in [2.45, 2.75) is 26.3 Å². The molecule has 0 amide bonds. The van der Waals surface area contributed by atoms with Crippen LogP contribution in [-0.2, 0) is 0 Å². The molecule has 1 atom stereocenters. The normalized spacial score (nSPS) is 12.6. The molecule has 96 valence electrons. The van der Waals surface area contributed by atoms with Crippen LogP contribution in [0.2, 0.25) is 5.02 Å². The Morgan fingerprint density at radius 2 is 2.17 bits per heavy atom. The molecule has 0 saturated carbocycles. The quantitative estimate of drug-likeness (QED) is 0.829. The minimum atomic E-state index is 0.245. The summed E-state index contributed by atoms with van der Waals surface area (Å²) < 4.78 is 0. The molecule has 0 aliphatic heterocycles. The van der Waals surface area contributed by atoms with Crippen LogP contribution in [0, 0.1) is 6.92 Å². The highest BCUT2D eigenvalue weighted by molar-refractivity contribution is 7.08. The fraction of sp³-hybridized carbons (Fsp3) is 0.333. The molecule has 0 radical (unpaired) electrons. The number of rotatable bonds is 5. The molecule has 1 unspecified atom stereocenters. The van der Waals surface area contributed by atoms with Gasteiger partial charge in [0, 0.05) is 5.02 Å². The Kier molecular flexibility index (Phi) is 4.81. The van der Waals surface area contributed by atoms with Gasteiger partial charge in [-0.1, -0.05) is 24.6 Å². The zero-order valence-electron chi connectivity index (χ0n) is 10.7. The molecular weight excluding hydrogens is 262 g/mol. The van der Waals surface area contributed by atoms with E-state index < -0.39 is 0 Å². The third-order valence-electron chi connectivity index (χ3n) is 3.03. The van der Waals surface area contributed by atoms with E-state index in [0.29, 0.717) is 0 Å². The molecule has 1 N–H and O–H groups in total. The lowest BCUT2D eigenvalue weighted by molar-refractivity contribution is 0.598. The van der Waals surface area contributed by atoms with Gasteiger partial charge in [-0.15, -0.1) is 0 Å². The first-order chi connectivity index (χ1) is 8.72. The molecule has 0 bridgehead atoms. The Balaban J connectivity index is 2.36. The summed E-state index contributed by atoms with van der Waals surface area (Å²) in [5, 5.41) is 8.73. The van der Waals surface area contributed by atoms with E-state index >= 15 is 0 Å². The van der Waals surface area contributed by atoms with Crippen LogP contribution in [0.3, 0.4) is 0 Å². The van der Waals surface area contributed by atoms with Gasteiger partial charge in [0.25, 0.3) is 0 Å². The highest BCUT2D eigenvalue weighted by Crippen LogP contribution is 2.28. The fourth-order valence-electron chi connectivity index (χ4n) is 2.06. The zero-order chi connectivity index (χ0) is 13.0. The lowest BCUT2D eigenvalue weighted by Crippen LogP contribution is -2.23. The Morgan fingerprint density at radius 3 is 2.83 bits per heavy atom. The van der Waals surface area contributed by atoms with E-state index in [-0.39, 0.29) is 6.04 Å². The topological polar surface area (TPSA) is 12.0 Å². The summed E-state index contributed by atoms with van der Waals surface area (Å²) in [6, 6.07) is 8.53. The first kappa shape index (κ1) is 13.6. The van der Waals surface area contributed by atoms with Crippen molar-refractivity contribution >= 4 is 22.9 Å². The molecule has 2 aromatic rings. The standard InChI is InChI=1S/C15H18ClNS/c1-3-7-17-15(12-6-8-18-10-12)14-9-13(16)5-4-11(14)2/h4-6,8-10,15,17H,3,7H2,1-2H3. The van der Waals surface area contributed by atoms with Crippen LogP contribution in [0.25, 0.3) is 0 Å². The second kappa shape index (κ2) is 6.37. The van der Waals surface area contributed by atoms with Crippen molar-refractivity contribution in [2.75, 3.05) is 6.54 Å². The Bertz CT molecular complexity index is 493. The van der Waals surface area contributed by atoms with Gasteiger partial charge in [-0.2, -0.15) is 11.3 Å². The maximum atomic E-state index is 6.13. The van der Waals surface area contributed by atoms with Gasteiger partial charge in [-0.05, 0) is 65.5 Å². The zero-order valence-corrected chi connectivity index (χ0v) is 12.3. The third kappa shape index (κ3) is 3.14. The van der Waals surface area contributed by atoms with E-state index in [1.54, 1.807) is 11.3 Å². The number of hydrogen-bond donors (Lipinski definition) is 1. The lowest BCUT2D eigenvalue weighted by Gasteiger charge is -2.20. The average molecular weight is 280 g/mol. The van der Waals surface area contributed by atoms with Gasteiger partial charge in [0.2, 0.25) is 0 Å². The van der Waals surface area contributed by atoms with Crippen LogP contribution in [0.1, 0.15) is 36.1 Å². The van der Waals surface area contributed by atoms with Crippen LogP contribution in [0.4, 0.5) is 0 Å². The van der Waals surface area contributed by atoms with Crippen molar-refractivity contribution in [1.82, 2.24) is 5.32 Å². The number of aryl methyl sites for hydroxylation is 1. The van der Waals surface area contributed by atoms with Crippen molar-refractivity contribution < 1.29 is 0 Å². The van der Waals surface area contributed by atoms with E-state index in [0.717, 1.165) is 18.0 Å². The van der Waals surface area contributed by atoms with Crippen molar-refractivity contribution in [3.8, 4) is 0 Å². The van der Waals surface area contributed by atoms with E-state index in [1.165, 1.54) is 16.7 Å². The van der Waals surface area contributed by atoms with Gasteiger partial charge < -0.3 is 5.32 Å². The molecule has 1 nitrogen and oxygen atoms in total. The molecular formula is C15H18ClNS. The number of hydrogen-bond acceptors (Lipinski definition) is 2. The summed E-state index contributed by atoms with van der Waals surface area (Å²) in [6.07, 6.45) is 1.13. The van der Waals surface area contributed by atoms with Crippen molar-refractivity contribution in [1.29, 1.82) is 0 Å². The van der Waals surface area contributed by atoms with E-state index in [1.807, 2.05) is 6.07 Å². The predicted octanol–water partition coefficient (Wildman–Crippen LogP) is 4.80. The fourth-order valence-corrected chi connectivity index (χ4v) is 2.92. The van der Waals surface area contributed by atoms with Crippen molar-refractivity contribution in [2.24, 2.45) is 0 Å². The first-order valence-electron chi connectivity index (χ1n) is 6.24. The summed E-state index contributed by atoms with van der Waals surface area (Å²) in [6.45, 7) is 5.33. The molecule has 0 spiro atoms. The minimum Gasteiger partial charge on any atom is -0.306 e. The van der Waals surface area contributed by atoms with Crippen molar-refractivity contribution in [3.05, 3.63) is 56.7 Å². The highest BCUT2D eigenvalue weighted by Gasteiger charge is 2.16. The molecule has 2 rings (SSSR count). The second-order valence-electron chi connectivity index (χ2n) is 4.44. The maximum absolute atomic E-state index is 6.13. The summed E-state index contributed by atoms with van der Waals surface area (Å²) in [4.78, 5) is 0. The molecule has 1 aromatic carbocycles. The molecule has 0 saturated heterocycles. The summed E-state index contributed by atoms with van der Waals surface area (Å²) >= 11 is 7.86.